The van der Waals surface area contributed by atoms with Gasteiger partial charge in [-0.05, 0) is 18.6 Å². The highest BCUT2D eigenvalue weighted by Gasteiger charge is 2.36. The molecule has 0 aliphatic carbocycles. The highest BCUT2D eigenvalue weighted by Crippen LogP contribution is 2.35. The summed E-state index contributed by atoms with van der Waals surface area (Å²) in [5.41, 5.74) is 0.604. The quantitative estimate of drug-likeness (QED) is 0.756. The van der Waals surface area contributed by atoms with Gasteiger partial charge in [-0.2, -0.15) is 13.2 Å². The van der Waals surface area contributed by atoms with Crippen molar-refractivity contribution in [1.29, 1.82) is 0 Å². The molecular formula is C14H14F3NO2. The molecule has 3 nitrogen and oxygen atoms in total. The minimum absolute atomic E-state index is 0.115. The maximum atomic E-state index is 12.5. The molecule has 108 valence electrons. The summed E-state index contributed by atoms with van der Waals surface area (Å²) in [4.78, 5) is 0. The number of ether oxygens (including phenoxy) is 1. The third kappa shape index (κ3) is 3.31. The summed E-state index contributed by atoms with van der Waals surface area (Å²) in [5, 5.41) is 3.47. The predicted molar refractivity (Wildman–Crippen MR) is 67.3 cm³/mol. The third-order valence-corrected chi connectivity index (χ3v) is 2.71. The summed E-state index contributed by atoms with van der Waals surface area (Å²) in [6, 6.07) is 7.70. The molecule has 0 bridgehead atoms. The van der Waals surface area contributed by atoms with E-state index in [4.69, 9.17) is 4.74 Å². The van der Waals surface area contributed by atoms with Gasteiger partial charge in [0.25, 0.3) is 0 Å². The molecular weight excluding hydrogens is 271 g/mol. The van der Waals surface area contributed by atoms with Crippen LogP contribution in [0.5, 0.6) is 5.75 Å². The van der Waals surface area contributed by atoms with Crippen molar-refractivity contribution in [3.05, 3.63) is 36.1 Å². The Bertz CT molecular complexity index is 564. The van der Waals surface area contributed by atoms with Gasteiger partial charge in [0.2, 0.25) is 5.76 Å². The van der Waals surface area contributed by atoms with Crippen molar-refractivity contribution < 1.29 is 22.4 Å². The first-order valence-corrected chi connectivity index (χ1v) is 6.28. The van der Waals surface area contributed by atoms with Crippen molar-refractivity contribution in [2.75, 3.05) is 6.61 Å². The van der Waals surface area contributed by atoms with Gasteiger partial charge in [0.15, 0.2) is 0 Å². The molecule has 0 fully saturated rings. The average molecular weight is 285 g/mol. The fourth-order valence-corrected chi connectivity index (χ4v) is 1.67. The lowest BCUT2D eigenvalue weighted by Crippen LogP contribution is -2.02. The number of alkyl halides is 3. The van der Waals surface area contributed by atoms with Crippen molar-refractivity contribution in [3.63, 3.8) is 0 Å². The molecule has 1 heterocycles. The van der Waals surface area contributed by atoms with Crippen LogP contribution in [0.4, 0.5) is 13.2 Å². The number of unbranched alkanes of at least 4 members (excludes halogenated alkanes) is 1. The summed E-state index contributed by atoms with van der Waals surface area (Å²) in [5.74, 6) is -0.612. The van der Waals surface area contributed by atoms with E-state index in [2.05, 4.69) is 9.68 Å². The van der Waals surface area contributed by atoms with Gasteiger partial charge in [-0.15, -0.1) is 0 Å². The molecule has 2 aromatic rings. The van der Waals surface area contributed by atoms with Crippen LogP contribution in [0.3, 0.4) is 0 Å². The van der Waals surface area contributed by atoms with Crippen molar-refractivity contribution in [2.24, 2.45) is 0 Å². The molecule has 2 rings (SSSR count). The maximum Gasteiger partial charge on any atom is 0.452 e. The first-order chi connectivity index (χ1) is 9.52. The summed E-state index contributed by atoms with van der Waals surface area (Å²) in [6.45, 7) is 2.54. The van der Waals surface area contributed by atoms with Crippen LogP contribution in [-0.2, 0) is 6.18 Å². The molecule has 0 N–H and O–H groups in total. The molecule has 0 atom stereocenters. The molecule has 0 amide bonds. The normalized spacial score (nSPS) is 11.6. The van der Waals surface area contributed by atoms with Crippen LogP contribution >= 0.6 is 0 Å². The summed E-state index contributed by atoms with van der Waals surface area (Å²) < 4.78 is 47.4. The summed E-state index contributed by atoms with van der Waals surface area (Å²) in [7, 11) is 0. The van der Waals surface area contributed by atoms with Gasteiger partial charge in [0.1, 0.15) is 11.4 Å². The lowest BCUT2D eigenvalue weighted by atomic mass is 10.1. The lowest BCUT2D eigenvalue weighted by Gasteiger charge is -2.08. The van der Waals surface area contributed by atoms with Gasteiger partial charge < -0.3 is 9.26 Å². The van der Waals surface area contributed by atoms with Gasteiger partial charge >= 0.3 is 6.18 Å². The SMILES string of the molecule is CCCCOc1ccccc1-c1cc(C(F)(F)F)on1. The van der Waals surface area contributed by atoms with Gasteiger partial charge in [0, 0.05) is 11.6 Å². The van der Waals surface area contributed by atoms with E-state index >= 15 is 0 Å². The number of hydrogen-bond acceptors (Lipinski definition) is 3. The number of aromatic nitrogens is 1. The third-order valence-electron chi connectivity index (χ3n) is 2.71. The van der Waals surface area contributed by atoms with E-state index in [1.165, 1.54) is 0 Å². The Hall–Kier alpha value is -1.98. The largest absolute Gasteiger partial charge is 0.493 e. The van der Waals surface area contributed by atoms with Crippen LogP contribution in [0.15, 0.2) is 34.9 Å². The zero-order valence-corrected chi connectivity index (χ0v) is 10.9. The first kappa shape index (κ1) is 14.4. The van der Waals surface area contributed by atoms with Crippen LogP contribution in [0.1, 0.15) is 25.5 Å². The van der Waals surface area contributed by atoms with E-state index in [0.717, 1.165) is 18.9 Å². The number of nitrogens with zero attached hydrogens (tertiary/aromatic N) is 1. The molecule has 0 radical (unpaired) electrons. The number of rotatable bonds is 5. The number of para-hydroxylation sites is 1. The van der Waals surface area contributed by atoms with Crippen molar-refractivity contribution in [2.45, 2.75) is 25.9 Å². The van der Waals surface area contributed by atoms with Crippen LogP contribution in [0, 0.1) is 0 Å². The second-order valence-corrected chi connectivity index (χ2v) is 4.27. The Morgan fingerprint density at radius 3 is 2.65 bits per heavy atom. The number of benzene rings is 1. The number of halogens is 3. The van der Waals surface area contributed by atoms with E-state index in [1.807, 2.05) is 6.92 Å². The van der Waals surface area contributed by atoms with Gasteiger partial charge in [-0.1, -0.05) is 30.6 Å². The average Bonchev–Trinajstić information content (AvgIpc) is 2.89. The van der Waals surface area contributed by atoms with Gasteiger partial charge in [0.05, 0.1) is 6.61 Å². The van der Waals surface area contributed by atoms with Crippen LogP contribution in [0.25, 0.3) is 11.3 Å². The molecule has 20 heavy (non-hydrogen) atoms. The molecule has 0 aliphatic heterocycles. The zero-order valence-electron chi connectivity index (χ0n) is 10.9. The van der Waals surface area contributed by atoms with Crippen molar-refractivity contribution in [1.82, 2.24) is 5.16 Å². The summed E-state index contributed by atoms with van der Waals surface area (Å²) in [6.07, 6.45) is -2.69. The first-order valence-electron chi connectivity index (χ1n) is 6.28. The maximum absolute atomic E-state index is 12.5. The van der Waals surface area contributed by atoms with Gasteiger partial charge in [-0.3, -0.25) is 0 Å². The molecule has 0 saturated carbocycles. The minimum atomic E-state index is -4.54. The lowest BCUT2D eigenvalue weighted by molar-refractivity contribution is -0.155. The summed E-state index contributed by atoms with van der Waals surface area (Å²) >= 11 is 0. The van der Waals surface area contributed by atoms with E-state index < -0.39 is 11.9 Å². The fraction of sp³-hybridized carbons (Fsp3) is 0.357. The van der Waals surface area contributed by atoms with Crippen LogP contribution in [-0.4, -0.2) is 11.8 Å². The molecule has 0 aliphatic rings. The van der Waals surface area contributed by atoms with E-state index in [1.54, 1.807) is 24.3 Å². The topological polar surface area (TPSA) is 35.3 Å². The standard InChI is InChI=1S/C14H14F3NO2/c1-2-3-8-19-12-7-5-4-6-10(12)11-9-13(20-18-11)14(15,16)17/h4-7,9H,2-3,8H2,1H3. The Morgan fingerprint density at radius 1 is 1.25 bits per heavy atom. The molecule has 6 heteroatoms. The van der Waals surface area contributed by atoms with Crippen molar-refractivity contribution >= 4 is 0 Å². The second kappa shape index (κ2) is 5.98. The highest BCUT2D eigenvalue weighted by atomic mass is 19.4. The van der Waals surface area contributed by atoms with E-state index in [0.29, 0.717) is 17.9 Å². The second-order valence-electron chi connectivity index (χ2n) is 4.27. The predicted octanol–water partition coefficient (Wildman–Crippen LogP) is 4.54. The van der Waals surface area contributed by atoms with Crippen molar-refractivity contribution in [3.8, 4) is 17.0 Å². The number of hydrogen-bond donors (Lipinski definition) is 0. The molecule has 1 aromatic heterocycles. The van der Waals surface area contributed by atoms with E-state index in [-0.39, 0.29) is 5.69 Å². The Kier molecular flexibility index (Phi) is 4.32. The zero-order chi connectivity index (χ0) is 14.6. The fourth-order valence-electron chi connectivity index (χ4n) is 1.67. The van der Waals surface area contributed by atoms with E-state index in [9.17, 15) is 13.2 Å². The van der Waals surface area contributed by atoms with Gasteiger partial charge in [-0.25, -0.2) is 0 Å². The Labute approximate surface area is 114 Å². The molecule has 0 saturated heterocycles. The van der Waals surface area contributed by atoms with Crippen LogP contribution in [0.2, 0.25) is 0 Å². The highest BCUT2D eigenvalue weighted by molar-refractivity contribution is 5.66. The molecule has 0 spiro atoms. The molecule has 1 aromatic carbocycles. The van der Waals surface area contributed by atoms with Crippen LogP contribution < -0.4 is 4.74 Å². The monoisotopic (exact) mass is 285 g/mol. The smallest absolute Gasteiger partial charge is 0.452 e. The Balaban J connectivity index is 2.26. The Morgan fingerprint density at radius 2 is 2.00 bits per heavy atom. The molecule has 0 unspecified atom stereocenters. The minimum Gasteiger partial charge on any atom is -0.493 e.